The van der Waals surface area contributed by atoms with Crippen molar-refractivity contribution in [2.45, 2.75) is 38.0 Å². The van der Waals surface area contributed by atoms with Crippen LogP contribution in [0.5, 0.6) is 0 Å². The number of hydrogen-bond acceptors (Lipinski definition) is 4. The third-order valence-electron chi connectivity index (χ3n) is 4.01. The van der Waals surface area contributed by atoms with Gasteiger partial charge >= 0.3 is 12.0 Å². The van der Waals surface area contributed by atoms with Gasteiger partial charge in [0, 0.05) is 13.2 Å². The Morgan fingerprint density at radius 2 is 2.25 bits per heavy atom. The predicted molar refractivity (Wildman–Crippen MR) is 68.1 cm³/mol. The number of rotatable bonds is 2. The topological polar surface area (TPSA) is 108 Å². The second-order valence-corrected chi connectivity index (χ2v) is 5.40. The number of carbonyl (C=O) groups excluding carboxylic acids is 2. The van der Waals surface area contributed by atoms with E-state index in [1.807, 2.05) is 13.8 Å². The van der Waals surface area contributed by atoms with E-state index in [1.165, 1.54) is 0 Å². The van der Waals surface area contributed by atoms with Crippen LogP contribution in [0, 0.1) is 0 Å². The summed E-state index contributed by atoms with van der Waals surface area (Å²) in [4.78, 5) is 35.9. The molecule has 0 spiro atoms. The molecule has 3 amide bonds. The van der Waals surface area contributed by atoms with E-state index in [4.69, 9.17) is 9.84 Å². The first-order chi connectivity index (χ1) is 9.33. The zero-order valence-electron chi connectivity index (χ0n) is 11.5. The van der Waals surface area contributed by atoms with Crippen LogP contribution in [0.1, 0.15) is 20.3 Å². The van der Waals surface area contributed by atoms with Crippen molar-refractivity contribution in [3.05, 3.63) is 0 Å². The summed E-state index contributed by atoms with van der Waals surface area (Å²) in [6.45, 7) is 3.91. The quantitative estimate of drug-likeness (QED) is 0.612. The largest absolute Gasteiger partial charge is 0.480 e. The van der Waals surface area contributed by atoms with Crippen molar-refractivity contribution in [1.82, 2.24) is 15.5 Å². The average molecular weight is 285 g/mol. The number of carboxylic acid groups (broad SMARTS) is 1. The molecule has 112 valence electrons. The minimum absolute atomic E-state index is 0.0790. The molecule has 8 nitrogen and oxygen atoms in total. The van der Waals surface area contributed by atoms with Gasteiger partial charge in [0.1, 0.15) is 12.6 Å². The van der Waals surface area contributed by atoms with Crippen LogP contribution in [0.3, 0.4) is 0 Å². The van der Waals surface area contributed by atoms with E-state index in [0.717, 1.165) is 4.90 Å². The Hall–Kier alpha value is -1.83. The molecule has 2 fully saturated rings. The van der Waals surface area contributed by atoms with Crippen molar-refractivity contribution in [1.29, 1.82) is 0 Å². The van der Waals surface area contributed by atoms with Gasteiger partial charge in [-0.15, -0.1) is 0 Å². The van der Waals surface area contributed by atoms with Gasteiger partial charge in [-0.05, 0) is 20.3 Å². The number of carbonyl (C=O) groups is 3. The van der Waals surface area contributed by atoms with Gasteiger partial charge in [0.05, 0.1) is 11.6 Å². The van der Waals surface area contributed by atoms with E-state index < -0.39 is 23.6 Å². The third-order valence-corrected chi connectivity index (χ3v) is 4.01. The van der Waals surface area contributed by atoms with E-state index in [-0.39, 0.29) is 25.1 Å². The Balaban J connectivity index is 2.09. The first-order valence-electron chi connectivity index (χ1n) is 6.53. The number of amides is 3. The van der Waals surface area contributed by atoms with E-state index in [2.05, 4.69) is 10.6 Å². The summed E-state index contributed by atoms with van der Waals surface area (Å²) < 4.78 is 5.42. The minimum atomic E-state index is -1.14. The SMILES string of the molecule is CC1OCCC1(C)NC(=O)N1CC(=O)NCC1C(=O)O. The summed E-state index contributed by atoms with van der Waals surface area (Å²) in [6, 6.07) is -1.60. The molecule has 0 bridgehead atoms. The number of nitrogens with zero attached hydrogens (tertiary/aromatic N) is 1. The van der Waals surface area contributed by atoms with Gasteiger partial charge in [-0.3, -0.25) is 9.69 Å². The normalized spacial score (nSPS) is 33.7. The Morgan fingerprint density at radius 1 is 1.55 bits per heavy atom. The lowest BCUT2D eigenvalue weighted by atomic mass is 9.95. The van der Waals surface area contributed by atoms with Crippen molar-refractivity contribution >= 4 is 17.9 Å². The molecular formula is C12H19N3O5. The van der Waals surface area contributed by atoms with Crippen molar-refractivity contribution < 1.29 is 24.2 Å². The van der Waals surface area contributed by atoms with Crippen LogP contribution in [0.2, 0.25) is 0 Å². The zero-order chi connectivity index (χ0) is 14.9. The van der Waals surface area contributed by atoms with Crippen molar-refractivity contribution in [2.24, 2.45) is 0 Å². The molecule has 0 aromatic carbocycles. The number of aliphatic carboxylic acids is 1. The summed E-state index contributed by atoms with van der Waals surface area (Å²) in [5, 5.41) is 14.4. The molecule has 3 unspecified atom stereocenters. The first kappa shape index (κ1) is 14.6. The molecular weight excluding hydrogens is 266 g/mol. The molecule has 2 rings (SSSR count). The minimum Gasteiger partial charge on any atom is -0.480 e. The highest BCUT2D eigenvalue weighted by atomic mass is 16.5. The summed E-state index contributed by atoms with van der Waals surface area (Å²) in [6.07, 6.45) is 0.492. The second-order valence-electron chi connectivity index (χ2n) is 5.40. The number of urea groups is 1. The lowest BCUT2D eigenvalue weighted by Gasteiger charge is -2.36. The molecule has 20 heavy (non-hydrogen) atoms. The molecule has 2 aliphatic rings. The van der Waals surface area contributed by atoms with Crippen LogP contribution in [0.4, 0.5) is 4.79 Å². The van der Waals surface area contributed by atoms with E-state index >= 15 is 0 Å². The van der Waals surface area contributed by atoms with Crippen LogP contribution < -0.4 is 10.6 Å². The van der Waals surface area contributed by atoms with Crippen LogP contribution in [0.25, 0.3) is 0 Å². The van der Waals surface area contributed by atoms with Crippen molar-refractivity contribution in [3.63, 3.8) is 0 Å². The molecule has 0 radical (unpaired) electrons. The van der Waals surface area contributed by atoms with Gasteiger partial charge in [0.25, 0.3) is 0 Å². The Kier molecular flexibility index (Phi) is 3.85. The van der Waals surface area contributed by atoms with Gasteiger partial charge in [-0.2, -0.15) is 0 Å². The second kappa shape index (κ2) is 5.28. The van der Waals surface area contributed by atoms with Crippen LogP contribution >= 0.6 is 0 Å². The van der Waals surface area contributed by atoms with Gasteiger partial charge in [0.15, 0.2) is 0 Å². The molecule has 0 aromatic heterocycles. The first-order valence-corrected chi connectivity index (χ1v) is 6.53. The molecule has 3 atom stereocenters. The molecule has 8 heteroatoms. The standard InChI is InChI=1S/C12H19N3O5/c1-7-12(2,3-4-20-7)14-11(19)15-6-9(16)13-5-8(15)10(17)18/h7-8H,3-6H2,1-2H3,(H,13,16)(H,14,19)(H,17,18). The number of nitrogens with one attached hydrogen (secondary N) is 2. The maximum atomic E-state index is 12.3. The van der Waals surface area contributed by atoms with Crippen LogP contribution in [0.15, 0.2) is 0 Å². The fourth-order valence-corrected chi connectivity index (χ4v) is 2.39. The lowest BCUT2D eigenvalue weighted by molar-refractivity contribution is -0.144. The smallest absolute Gasteiger partial charge is 0.328 e. The van der Waals surface area contributed by atoms with E-state index in [9.17, 15) is 14.4 Å². The molecule has 0 aliphatic carbocycles. The highest BCUT2D eigenvalue weighted by molar-refractivity contribution is 5.90. The number of ether oxygens (including phenoxy) is 1. The van der Waals surface area contributed by atoms with Crippen molar-refractivity contribution in [3.8, 4) is 0 Å². The fraction of sp³-hybridized carbons (Fsp3) is 0.750. The van der Waals surface area contributed by atoms with Crippen LogP contribution in [-0.4, -0.2) is 65.3 Å². The van der Waals surface area contributed by atoms with Gasteiger partial charge in [-0.1, -0.05) is 0 Å². The molecule has 0 aromatic rings. The molecule has 3 N–H and O–H groups in total. The van der Waals surface area contributed by atoms with Gasteiger partial charge < -0.3 is 20.5 Å². The van der Waals surface area contributed by atoms with Crippen molar-refractivity contribution in [2.75, 3.05) is 19.7 Å². The lowest BCUT2D eigenvalue weighted by Crippen LogP contribution is -2.64. The Bertz CT molecular complexity index is 441. The monoisotopic (exact) mass is 285 g/mol. The summed E-state index contributed by atoms with van der Waals surface area (Å²) in [5.41, 5.74) is -0.548. The number of hydrogen-bond donors (Lipinski definition) is 3. The fourth-order valence-electron chi connectivity index (χ4n) is 2.39. The highest BCUT2D eigenvalue weighted by Gasteiger charge is 2.42. The molecule has 2 heterocycles. The summed E-state index contributed by atoms with van der Waals surface area (Å²) >= 11 is 0. The summed E-state index contributed by atoms with van der Waals surface area (Å²) in [7, 11) is 0. The molecule has 0 saturated carbocycles. The van der Waals surface area contributed by atoms with E-state index in [0.29, 0.717) is 13.0 Å². The Morgan fingerprint density at radius 3 is 2.80 bits per heavy atom. The third kappa shape index (κ3) is 2.69. The predicted octanol–water partition coefficient (Wildman–Crippen LogP) is -0.851. The molecule has 2 saturated heterocycles. The zero-order valence-corrected chi connectivity index (χ0v) is 11.5. The van der Waals surface area contributed by atoms with Crippen LogP contribution in [-0.2, 0) is 14.3 Å². The van der Waals surface area contributed by atoms with E-state index in [1.54, 1.807) is 0 Å². The number of carboxylic acids is 1. The summed E-state index contributed by atoms with van der Waals surface area (Å²) in [5.74, 6) is -1.50. The highest BCUT2D eigenvalue weighted by Crippen LogP contribution is 2.25. The maximum Gasteiger partial charge on any atom is 0.328 e. The maximum absolute atomic E-state index is 12.3. The Labute approximate surface area is 116 Å². The van der Waals surface area contributed by atoms with Gasteiger partial charge in [-0.25, -0.2) is 9.59 Å². The molecule has 2 aliphatic heterocycles. The number of piperazine rings is 1. The van der Waals surface area contributed by atoms with Gasteiger partial charge in [0.2, 0.25) is 5.91 Å². The average Bonchev–Trinajstić information content (AvgIpc) is 2.68.